The summed E-state index contributed by atoms with van der Waals surface area (Å²) < 4.78 is 45.8. The molecule has 6 heteroatoms. The van der Waals surface area contributed by atoms with Crippen molar-refractivity contribution in [1.82, 2.24) is 0 Å². The first-order chi connectivity index (χ1) is 8.97. The Hall–Kier alpha value is -1.27. The summed E-state index contributed by atoms with van der Waals surface area (Å²) >= 11 is 0. The summed E-state index contributed by atoms with van der Waals surface area (Å²) in [6.07, 6.45) is -3.75. The number of aryl methyl sites for hydroxylation is 1. The van der Waals surface area contributed by atoms with E-state index in [4.69, 9.17) is 4.74 Å². The Morgan fingerprint density at radius 1 is 1.37 bits per heavy atom. The van der Waals surface area contributed by atoms with E-state index in [0.29, 0.717) is 17.9 Å². The van der Waals surface area contributed by atoms with Crippen molar-refractivity contribution in [1.29, 1.82) is 0 Å². The Morgan fingerprint density at radius 2 is 2.16 bits per heavy atom. The van der Waals surface area contributed by atoms with Crippen molar-refractivity contribution >= 4 is 0 Å². The highest BCUT2D eigenvalue weighted by Crippen LogP contribution is 2.33. The van der Waals surface area contributed by atoms with Crippen LogP contribution in [0.4, 0.5) is 13.2 Å². The van der Waals surface area contributed by atoms with Crippen LogP contribution in [0.2, 0.25) is 0 Å². The quantitative estimate of drug-likeness (QED) is 0.918. The first-order valence-electron chi connectivity index (χ1n) is 6.04. The molecule has 0 saturated heterocycles. The van der Waals surface area contributed by atoms with Crippen molar-refractivity contribution in [2.45, 2.75) is 25.1 Å². The van der Waals surface area contributed by atoms with Crippen LogP contribution >= 0.6 is 0 Å². The summed E-state index contributed by atoms with van der Waals surface area (Å²) in [5, 5.41) is 9.90. The third-order valence-corrected chi connectivity index (χ3v) is 2.86. The predicted molar refractivity (Wildman–Crippen MR) is 62.1 cm³/mol. The van der Waals surface area contributed by atoms with Crippen LogP contribution in [-0.4, -0.2) is 31.1 Å². The summed E-state index contributed by atoms with van der Waals surface area (Å²) in [5.74, 6) is 0.580. The average molecular weight is 276 g/mol. The van der Waals surface area contributed by atoms with Crippen LogP contribution in [0.1, 0.15) is 23.7 Å². The van der Waals surface area contributed by atoms with E-state index < -0.39 is 25.5 Å². The highest BCUT2D eigenvalue weighted by molar-refractivity contribution is 5.44. The molecule has 1 N–H and O–H groups in total. The lowest BCUT2D eigenvalue weighted by molar-refractivity contribution is -0.179. The number of aliphatic hydroxyl groups is 1. The van der Waals surface area contributed by atoms with E-state index in [-0.39, 0.29) is 0 Å². The molecule has 0 bridgehead atoms. The molecular weight excluding hydrogens is 261 g/mol. The number of ether oxygens (including phenoxy) is 2. The molecular formula is C13H15F3O3. The van der Waals surface area contributed by atoms with E-state index in [9.17, 15) is 18.3 Å². The summed E-state index contributed by atoms with van der Waals surface area (Å²) in [6.45, 7) is -1.21. The Labute approximate surface area is 108 Å². The molecule has 0 saturated carbocycles. The van der Waals surface area contributed by atoms with Gasteiger partial charge in [-0.3, -0.25) is 0 Å². The summed E-state index contributed by atoms with van der Waals surface area (Å²) in [4.78, 5) is 0. The van der Waals surface area contributed by atoms with Gasteiger partial charge in [-0.25, -0.2) is 0 Å². The number of hydrogen-bond donors (Lipinski definition) is 1. The minimum Gasteiger partial charge on any atom is -0.493 e. The third kappa shape index (κ3) is 3.84. The zero-order valence-corrected chi connectivity index (χ0v) is 10.2. The van der Waals surface area contributed by atoms with E-state index in [1.807, 2.05) is 6.07 Å². The number of para-hydroxylation sites is 1. The van der Waals surface area contributed by atoms with E-state index in [1.54, 1.807) is 12.1 Å². The van der Waals surface area contributed by atoms with Crippen LogP contribution < -0.4 is 4.74 Å². The minimum absolute atomic E-state index is 0.403. The van der Waals surface area contributed by atoms with Gasteiger partial charge in [0, 0.05) is 5.56 Å². The zero-order valence-electron chi connectivity index (χ0n) is 10.2. The molecule has 1 unspecified atom stereocenters. The SMILES string of the molecule is OC(COCC(F)(F)F)c1cccc2c1OCCC2. The number of alkyl halides is 3. The smallest absolute Gasteiger partial charge is 0.411 e. The number of aliphatic hydroxyl groups excluding tert-OH is 1. The molecule has 106 valence electrons. The molecule has 0 fully saturated rings. The van der Waals surface area contributed by atoms with Gasteiger partial charge < -0.3 is 14.6 Å². The van der Waals surface area contributed by atoms with Crippen LogP contribution in [0.25, 0.3) is 0 Å². The molecule has 1 aromatic rings. The van der Waals surface area contributed by atoms with Crippen molar-refractivity contribution in [3.05, 3.63) is 29.3 Å². The number of hydrogen-bond acceptors (Lipinski definition) is 3. The zero-order chi connectivity index (χ0) is 13.9. The third-order valence-electron chi connectivity index (χ3n) is 2.86. The average Bonchev–Trinajstić information content (AvgIpc) is 2.36. The van der Waals surface area contributed by atoms with Crippen LogP contribution in [0.5, 0.6) is 5.75 Å². The molecule has 0 amide bonds. The van der Waals surface area contributed by atoms with Crippen LogP contribution in [-0.2, 0) is 11.2 Å². The maximum Gasteiger partial charge on any atom is 0.411 e. The Bertz CT molecular complexity index is 432. The van der Waals surface area contributed by atoms with Crippen molar-refractivity contribution in [3.63, 3.8) is 0 Å². The van der Waals surface area contributed by atoms with Crippen molar-refractivity contribution < 1.29 is 27.8 Å². The summed E-state index contributed by atoms with van der Waals surface area (Å²) in [6, 6.07) is 5.29. The number of rotatable bonds is 4. The fourth-order valence-electron chi connectivity index (χ4n) is 2.05. The maximum absolute atomic E-state index is 12.0. The molecule has 0 spiro atoms. The molecule has 1 aliphatic heterocycles. The van der Waals surface area contributed by atoms with E-state index >= 15 is 0 Å². The Balaban J connectivity index is 2.01. The molecule has 1 heterocycles. The molecule has 0 aromatic heterocycles. The second-order valence-electron chi connectivity index (χ2n) is 4.43. The molecule has 1 aromatic carbocycles. The number of fused-ring (bicyclic) bond motifs is 1. The van der Waals surface area contributed by atoms with Gasteiger partial charge in [0.05, 0.1) is 13.2 Å². The van der Waals surface area contributed by atoms with Crippen LogP contribution in [0.15, 0.2) is 18.2 Å². The van der Waals surface area contributed by atoms with Gasteiger partial charge in [-0.1, -0.05) is 18.2 Å². The van der Waals surface area contributed by atoms with Gasteiger partial charge >= 0.3 is 6.18 Å². The van der Waals surface area contributed by atoms with E-state index in [0.717, 1.165) is 18.4 Å². The summed E-state index contributed by atoms with van der Waals surface area (Å²) in [7, 11) is 0. The van der Waals surface area contributed by atoms with Crippen molar-refractivity contribution in [3.8, 4) is 5.75 Å². The standard InChI is InChI=1S/C13H15F3O3/c14-13(15,16)8-18-7-11(17)10-5-1-3-9-4-2-6-19-12(9)10/h1,3,5,11,17H,2,4,6-8H2. The molecule has 0 aliphatic carbocycles. The van der Waals surface area contributed by atoms with E-state index in [2.05, 4.69) is 4.74 Å². The van der Waals surface area contributed by atoms with E-state index in [1.165, 1.54) is 0 Å². The number of halogens is 3. The molecule has 0 radical (unpaired) electrons. The lowest BCUT2D eigenvalue weighted by Crippen LogP contribution is -2.20. The molecule has 2 rings (SSSR count). The highest BCUT2D eigenvalue weighted by Gasteiger charge is 2.28. The topological polar surface area (TPSA) is 38.7 Å². The second-order valence-corrected chi connectivity index (χ2v) is 4.43. The van der Waals surface area contributed by atoms with Crippen LogP contribution in [0.3, 0.4) is 0 Å². The lowest BCUT2D eigenvalue weighted by Gasteiger charge is -2.22. The van der Waals surface area contributed by atoms with Gasteiger partial charge in [-0.2, -0.15) is 13.2 Å². The van der Waals surface area contributed by atoms with Crippen molar-refractivity contribution in [2.75, 3.05) is 19.8 Å². The maximum atomic E-state index is 12.0. The Kier molecular flexibility index (Phi) is 4.31. The van der Waals surface area contributed by atoms with Crippen molar-refractivity contribution in [2.24, 2.45) is 0 Å². The second kappa shape index (κ2) is 5.79. The monoisotopic (exact) mass is 276 g/mol. The minimum atomic E-state index is -4.38. The number of benzene rings is 1. The van der Waals surface area contributed by atoms with Gasteiger partial charge in [0.15, 0.2) is 0 Å². The first kappa shape index (κ1) is 14.1. The summed E-state index contributed by atoms with van der Waals surface area (Å²) in [5.41, 5.74) is 1.46. The molecule has 19 heavy (non-hydrogen) atoms. The first-order valence-corrected chi connectivity index (χ1v) is 6.04. The van der Waals surface area contributed by atoms with Gasteiger partial charge in [0.2, 0.25) is 0 Å². The van der Waals surface area contributed by atoms with Gasteiger partial charge in [-0.05, 0) is 18.4 Å². The molecule has 1 aliphatic rings. The van der Waals surface area contributed by atoms with Gasteiger partial charge in [0.25, 0.3) is 0 Å². The largest absolute Gasteiger partial charge is 0.493 e. The van der Waals surface area contributed by atoms with Gasteiger partial charge in [0.1, 0.15) is 18.5 Å². The normalized spacial score (nSPS) is 16.6. The lowest BCUT2D eigenvalue weighted by atomic mass is 9.99. The fourth-order valence-corrected chi connectivity index (χ4v) is 2.05. The molecule has 3 nitrogen and oxygen atoms in total. The Morgan fingerprint density at radius 3 is 2.89 bits per heavy atom. The highest BCUT2D eigenvalue weighted by atomic mass is 19.4. The molecule has 1 atom stereocenters. The fraction of sp³-hybridized carbons (Fsp3) is 0.538. The van der Waals surface area contributed by atoms with Gasteiger partial charge in [-0.15, -0.1) is 0 Å². The van der Waals surface area contributed by atoms with Crippen LogP contribution in [0, 0.1) is 0 Å². The predicted octanol–water partition coefficient (Wildman–Crippen LogP) is 2.62.